The van der Waals surface area contributed by atoms with E-state index in [1.165, 1.54) is 6.92 Å². The first-order chi connectivity index (χ1) is 19.3. The van der Waals surface area contributed by atoms with Crippen LogP contribution in [0.3, 0.4) is 0 Å². The third-order valence-electron chi connectivity index (χ3n) is 6.24. The van der Waals surface area contributed by atoms with Gasteiger partial charge < -0.3 is 15.4 Å². The van der Waals surface area contributed by atoms with Crippen molar-refractivity contribution in [1.82, 2.24) is 14.7 Å². The molecule has 0 spiro atoms. The number of alkyl halides is 10. The quantitative estimate of drug-likeness (QED) is 0.279. The van der Waals surface area contributed by atoms with E-state index in [9.17, 15) is 54.0 Å². The molecule has 1 aliphatic carbocycles. The number of nitrogens with zero attached hydrogens (tertiary/aromatic N) is 5. The van der Waals surface area contributed by atoms with E-state index in [4.69, 9.17) is 5.73 Å². The molecule has 1 aromatic heterocycles. The lowest BCUT2D eigenvalue weighted by atomic mass is 9.98. The van der Waals surface area contributed by atoms with Gasteiger partial charge in [0.05, 0.1) is 17.2 Å². The molecule has 0 saturated heterocycles. The van der Waals surface area contributed by atoms with Crippen LogP contribution in [0, 0.1) is 11.3 Å². The molecule has 2 aromatic rings. The molecule has 1 amide bonds. The third-order valence-corrected chi connectivity index (χ3v) is 6.24. The summed E-state index contributed by atoms with van der Waals surface area (Å²) in [7, 11) is 0.796. The van der Waals surface area contributed by atoms with E-state index in [0.717, 1.165) is 30.3 Å². The number of allylic oxidation sites excluding steroid dienone is 1. The average Bonchev–Trinajstić information content (AvgIpc) is 3.61. The number of ether oxygens (including phenoxy) is 1. The van der Waals surface area contributed by atoms with Crippen LogP contribution in [0.4, 0.5) is 49.7 Å². The van der Waals surface area contributed by atoms with Gasteiger partial charge in [-0.1, -0.05) is 6.07 Å². The largest absolute Gasteiger partial charge is 0.459 e. The summed E-state index contributed by atoms with van der Waals surface area (Å²) in [5.74, 6) is -9.61. The number of hydrogen-bond acceptors (Lipinski definition) is 6. The van der Waals surface area contributed by atoms with Crippen molar-refractivity contribution in [1.29, 1.82) is 5.26 Å². The minimum absolute atomic E-state index is 0.104. The number of aliphatic imine (C=N–C) groups is 1. The van der Waals surface area contributed by atoms with Crippen LogP contribution in [0.25, 0.3) is 5.57 Å². The van der Waals surface area contributed by atoms with Gasteiger partial charge in [-0.2, -0.15) is 54.3 Å². The lowest BCUT2D eigenvalue weighted by molar-refractivity contribution is -0.291. The van der Waals surface area contributed by atoms with E-state index >= 15 is 0 Å². The number of aryl methyl sites for hydroxylation is 1. The van der Waals surface area contributed by atoms with Gasteiger partial charge in [-0.05, 0) is 37.5 Å². The van der Waals surface area contributed by atoms with Gasteiger partial charge in [0.2, 0.25) is 0 Å². The van der Waals surface area contributed by atoms with Gasteiger partial charge in [0.15, 0.2) is 17.3 Å². The highest BCUT2D eigenvalue weighted by molar-refractivity contribution is 6.11. The average molecular weight is 614 g/mol. The van der Waals surface area contributed by atoms with E-state index in [0.29, 0.717) is 12.3 Å². The third kappa shape index (κ3) is 5.99. The molecule has 3 rings (SSSR count). The lowest BCUT2D eigenvalue weighted by Gasteiger charge is -2.27. The molecule has 0 atom stereocenters. The monoisotopic (exact) mass is 614 g/mol. The Bertz CT molecular complexity index is 1450. The van der Waals surface area contributed by atoms with Crippen LogP contribution in [0.15, 0.2) is 29.4 Å². The molecule has 1 aromatic carbocycles. The van der Waals surface area contributed by atoms with Crippen LogP contribution in [0.2, 0.25) is 0 Å². The number of hydrogen-bond donors (Lipinski definition) is 1. The van der Waals surface area contributed by atoms with Gasteiger partial charge in [0.1, 0.15) is 5.54 Å². The molecule has 1 saturated carbocycles. The van der Waals surface area contributed by atoms with Gasteiger partial charge in [-0.3, -0.25) is 4.79 Å². The molecule has 8 nitrogen and oxygen atoms in total. The van der Waals surface area contributed by atoms with E-state index in [1.807, 2.05) is 6.07 Å². The zero-order valence-corrected chi connectivity index (χ0v) is 21.5. The molecule has 0 unspecified atom stereocenters. The highest BCUT2D eigenvalue weighted by Crippen LogP contribution is 2.49. The maximum atomic E-state index is 14.0. The van der Waals surface area contributed by atoms with Crippen LogP contribution >= 0.6 is 0 Å². The number of amides is 1. The van der Waals surface area contributed by atoms with Crippen molar-refractivity contribution in [2.75, 3.05) is 6.54 Å². The highest BCUT2D eigenvalue weighted by atomic mass is 19.4. The first-order valence-electron chi connectivity index (χ1n) is 11.7. The summed E-state index contributed by atoms with van der Waals surface area (Å²) < 4.78 is 138. The predicted octanol–water partition coefficient (Wildman–Crippen LogP) is 5.91. The van der Waals surface area contributed by atoms with Crippen molar-refractivity contribution in [3.63, 3.8) is 0 Å². The Hall–Kier alpha value is -4.30. The molecule has 228 valence electrons. The maximum absolute atomic E-state index is 14.0. The van der Waals surface area contributed by atoms with Gasteiger partial charge in [0.25, 0.3) is 5.91 Å². The second-order valence-corrected chi connectivity index (χ2v) is 8.91. The normalized spacial score (nSPS) is 15.7. The highest BCUT2D eigenvalue weighted by Gasteiger charge is 2.62. The number of rotatable bonds is 9. The van der Waals surface area contributed by atoms with E-state index in [2.05, 4.69) is 14.8 Å². The number of carbonyl (C=O) groups excluding carboxylic acids is 1. The van der Waals surface area contributed by atoms with Crippen LogP contribution in [0.1, 0.15) is 46.9 Å². The van der Waals surface area contributed by atoms with Crippen molar-refractivity contribution >= 4 is 23.5 Å². The van der Waals surface area contributed by atoms with Crippen molar-refractivity contribution in [3.05, 3.63) is 46.8 Å². The molecular weight excluding hydrogens is 594 g/mol. The Morgan fingerprint density at radius 3 is 2.31 bits per heavy atom. The van der Waals surface area contributed by atoms with Crippen molar-refractivity contribution in [3.8, 4) is 11.8 Å². The van der Waals surface area contributed by atoms with Gasteiger partial charge in [-0.15, -0.1) is 0 Å². The second kappa shape index (κ2) is 11.2. The predicted molar refractivity (Wildman–Crippen MR) is 126 cm³/mol. The molecule has 0 bridgehead atoms. The van der Waals surface area contributed by atoms with Crippen molar-refractivity contribution < 1.29 is 53.4 Å². The Labute approximate surface area is 230 Å². The van der Waals surface area contributed by atoms with E-state index in [-0.39, 0.29) is 35.2 Å². The van der Waals surface area contributed by atoms with Gasteiger partial charge >= 0.3 is 24.9 Å². The topological polar surface area (TPSA) is 110 Å². The molecule has 1 fully saturated rings. The zero-order valence-electron chi connectivity index (χ0n) is 21.5. The molecule has 0 radical (unpaired) electrons. The zero-order chi connectivity index (χ0) is 31.8. The summed E-state index contributed by atoms with van der Waals surface area (Å²) in [6, 6.07) is 4.09. The Balaban J connectivity index is 2.12. The summed E-state index contributed by atoms with van der Waals surface area (Å²) in [6.07, 6.45) is -9.38. The minimum Gasteiger partial charge on any atom is -0.428 e. The number of nitrogens with two attached hydrogens (primary N) is 1. The number of carbonyl (C=O) groups is 1. The summed E-state index contributed by atoms with van der Waals surface area (Å²) >= 11 is 0. The molecule has 18 heteroatoms. The number of aromatic nitrogens is 2. The molecule has 1 aliphatic rings. The molecule has 1 heterocycles. The maximum Gasteiger partial charge on any atom is 0.459 e. The van der Waals surface area contributed by atoms with Gasteiger partial charge in [-0.25, -0.2) is 9.67 Å². The SMILES string of the molecule is CCN(C(=O)c1cc(C(C=Nc2c(OC(F)F)c(C(F)(F)C(F)(F)F)nn2C)=CN)ccc1C(F)(F)F)C1(C#N)CC1. The van der Waals surface area contributed by atoms with Crippen molar-refractivity contribution in [2.45, 2.75) is 50.2 Å². The van der Waals surface area contributed by atoms with E-state index < -0.39 is 64.7 Å². The molecule has 42 heavy (non-hydrogen) atoms. The molecule has 2 N–H and O–H groups in total. The Morgan fingerprint density at radius 1 is 1.24 bits per heavy atom. The fourth-order valence-corrected chi connectivity index (χ4v) is 4.01. The Kier molecular flexibility index (Phi) is 8.57. The summed E-state index contributed by atoms with van der Waals surface area (Å²) in [5, 5.41) is 12.4. The summed E-state index contributed by atoms with van der Waals surface area (Å²) in [4.78, 5) is 17.8. The smallest absolute Gasteiger partial charge is 0.428 e. The van der Waals surface area contributed by atoms with Crippen LogP contribution < -0.4 is 10.5 Å². The Morgan fingerprint density at radius 2 is 1.86 bits per heavy atom. The molecular formula is C24H20F10N6O2. The fourth-order valence-electron chi connectivity index (χ4n) is 4.01. The van der Waals surface area contributed by atoms with Crippen molar-refractivity contribution in [2.24, 2.45) is 17.8 Å². The molecule has 0 aliphatic heterocycles. The first-order valence-corrected chi connectivity index (χ1v) is 11.7. The fraction of sp³-hybridized carbons (Fsp3) is 0.417. The van der Waals surface area contributed by atoms with Crippen LogP contribution in [-0.2, 0) is 19.1 Å². The first kappa shape index (κ1) is 32.2. The van der Waals surface area contributed by atoms with Crippen LogP contribution in [0.5, 0.6) is 5.75 Å². The number of benzene rings is 1. The second-order valence-electron chi connectivity index (χ2n) is 8.91. The lowest BCUT2D eigenvalue weighted by Crippen LogP contribution is -2.42. The minimum atomic E-state index is -6.25. The number of halogens is 10. The number of nitriles is 1. The van der Waals surface area contributed by atoms with E-state index in [1.54, 1.807) is 0 Å². The summed E-state index contributed by atoms with van der Waals surface area (Å²) in [6.45, 7) is -2.51. The standard InChI is InChI=1S/C24H20F10N6O2/c1-3-40(21(11-36)6-7-21)19(41)14-8-12(4-5-15(14)23(29,30)31)13(9-35)10-37-18-16(42-20(25)26)17(38-39(18)2)22(27,28)24(32,33)34/h4-5,8-10,20H,3,6-7,35H2,1-2H3. The van der Waals surface area contributed by atoms with Crippen LogP contribution in [-0.4, -0.2) is 51.7 Å². The van der Waals surface area contributed by atoms with Gasteiger partial charge in [0, 0.05) is 31.6 Å². The summed E-state index contributed by atoms with van der Waals surface area (Å²) in [5.41, 5.74) is -0.700.